The van der Waals surface area contributed by atoms with E-state index in [2.05, 4.69) is 9.68 Å². The third-order valence-electron chi connectivity index (χ3n) is 2.02. The molecule has 0 aliphatic rings. The van der Waals surface area contributed by atoms with Gasteiger partial charge in [-0.1, -0.05) is 16.8 Å². The highest BCUT2D eigenvalue weighted by Gasteiger charge is 2.21. The fourth-order valence-electron chi connectivity index (χ4n) is 1.23. The smallest absolute Gasteiger partial charge is 0.359 e. The van der Waals surface area contributed by atoms with Gasteiger partial charge in [0.1, 0.15) is 5.02 Å². The maximum Gasteiger partial charge on any atom is 0.359 e. The summed E-state index contributed by atoms with van der Waals surface area (Å²) in [4.78, 5) is 10.6. The van der Waals surface area contributed by atoms with Crippen LogP contribution in [0.15, 0.2) is 22.7 Å². The van der Waals surface area contributed by atoms with E-state index in [4.69, 9.17) is 16.7 Å². The first-order valence-corrected chi connectivity index (χ1v) is 4.72. The van der Waals surface area contributed by atoms with Crippen molar-refractivity contribution in [3.8, 4) is 11.3 Å². The van der Waals surface area contributed by atoms with Crippen LogP contribution < -0.4 is 0 Å². The second-order valence-corrected chi connectivity index (χ2v) is 3.49. The van der Waals surface area contributed by atoms with E-state index in [-0.39, 0.29) is 16.3 Å². The number of carbonyl (C=O) groups is 1. The number of hydrogen-bond donors (Lipinski definition) is 1. The van der Waals surface area contributed by atoms with E-state index in [1.807, 2.05) is 0 Å². The Kier molecular flexibility index (Phi) is 2.81. The van der Waals surface area contributed by atoms with Crippen molar-refractivity contribution in [3.05, 3.63) is 40.6 Å². The summed E-state index contributed by atoms with van der Waals surface area (Å²) in [6.07, 6.45) is 0. The maximum atomic E-state index is 13.0. The Balaban J connectivity index is 2.53. The van der Waals surface area contributed by atoms with Gasteiger partial charge in [-0.3, -0.25) is 0 Å². The Hall–Kier alpha value is -1.95. The normalized spacial score (nSPS) is 10.5. The maximum absolute atomic E-state index is 13.0. The number of halogens is 3. The highest BCUT2D eigenvalue weighted by molar-refractivity contribution is 6.35. The van der Waals surface area contributed by atoms with Crippen LogP contribution >= 0.6 is 11.6 Å². The van der Waals surface area contributed by atoms with Crippen LogP contribution in [0.4, 0.5) is 8.78 Å². The molecule has 88 valence electrons. The molecule has 4 nitrogen and oxygen atoms in total. The molecule has 0 saturated heterocycles. The third-order valence-corrected chi connectivity index (χ3v) is 2.37. The van der Waals surface area contributed by atoms with Crippen LogP contribution in [0.2, 0.25) is 5.02 Å². The topological polar surface area (TPSA) is 63.3 Å². The lowest BCUT2D eigenvalue weighted by molar-refractivity contribution is 0.0686. The number of aromatic nitrogens is 1. The lowest BCUT2D eigenvalue weighted by Gasteiger charge is -1.97. The number of rotatable bonds is 2. The summed E-state index contributed by atoms with van der Waals surface area (Å²) in [5, 5.41) is 11.6. The first kappa shape index (κ1) is 11.5. The summed E-state index contributed by atoms with van der Waals surface area (Å²) in [7, 11) is 0. The molecule has 0 atom stereocenters. The number of carboxylic acids is 1. The average molecular weight is 260 g/mol. The largest absolute Gasteiger partial charge is 0.476 e. The number of aromatic carboxylic acids is 1. The van der Waals surface area contributed by atoms with Crippen LogP contribution in [0.5, 0.6) is 0 Å². The van der Waals surface area contributed by atoms with E-state index in [0.29, 0.717) is 0 Å². The van der Waals surface area contributed by atoms with E-state index in [0.717, 1.165) is 12.1 Å². The minimum Gasteiger partial charge on any atom is -0.476 e. The predicted molar refractivity (Wildman–Crippen MR) is 53.8 cm³/mol. The van der Waals surface area contributed by atoms with E-state index in [9.17, 15) is 13.6 Å². The molecular weight excluding hydrogens is 256 g/mol. The van der Waals surface area contributed by atoms with Crippen molar-refractivity contribution in [2.45, 2.75) is 0 Å². The van der Waals surface area contributed by atoms with Crippen molar-refractivity contribution in [2.75, 3.05) is 0 Å². The van der Waals surface area contributed by atoms with Gasteiger partial charge in [-0.25, -0.2) is 13.6 Å². The summed E-state index contributed by atoms with van der Waals surface area (Å²) in [5.74, 6) is -3.61. The molecule has 2 aromatic rings. The van der Waals surface area contributed by atoms with Gasteiger partial charge in [-0.2, -0.15) is 0 Å². The Bertz CT molecular complexity index is 597. The molecule has 0 bridgehead atoms. The predicted octanol–water partition coefficient (Wildman–Crippen LogP) is 2.97. The van der Waals surface area contributed by atoms with Crippen molar-refractivity contribution in [1.29, 1.82) is 0 Å². The molecule has 0 radical (unpaired) electrons. The monoisotopic (exact) mass is 259 g/mol. The molecule has 7 heteroatoms. The molecule has 1 aromatic heterocycles. The highest BCUT2D eigenvalue weighted by Crippen LogP contribution is 2.31. The summed E-state index contributed by atoms with van der Waals surface area (Å²) >= 11 is 5.69. The highest BCUT2D eigenvalue weighted by atomic mass is 35.5. The average Bonchev–Trinajstić information content (AvgIpc) is 2.64. The standard InChI is InChI=1S/C10H4ClF2NO3/c11-7-8(10(15)16)14-17-9(7)4-1-2-5(12)6(13)3-4/h1-3H,(H,15,16). The lowest BCUT2D eigenvalue weighted by Crippen LogP contribution is -1.96. The third kappa shape index (κ3) is 1.99. The fourth-order valence-corrected chi connectivity index (χ4v) is 1.49. The quantitative estimate of drug-likeness (QED) is 0.900. The van der Waals surface area contributed by atoms with E-state index in [1.165, 1.54) is 6.07 Å². The Morgan fingerprint density at radius 2 is 2.06 bits per heavy atom. The van der Waals surface area contributed by atoms with Crippen LogP contribution in [0, 0.1) is 11.6 Å². The molecule has 0 spiro atoms. The first-order valence-electron chi connectivity index (χ1n) is 4.34. The summed E-state index contributed by atoms with van der Waals surface area (Å²) < 4.78 is 30.4. The minimum absolute atomic E-state index is 0.105. The number of hydrogen-bond acceptors (Lipinski definition) is 3. The van der Waals surface area contributed by atoms with Crippen molar-refractivity contribution in [2.24, 2.45) is 0 Å². The molecule has 1 aromatic carbocycles. The van der Waals surface area contributed by atoms with Gasteiger partial charge in [0.05, 0.1) is 0 Å². The molecule has 0 amide bonds. The van der Waals surface area contributed by atoms with Crippen molar-refractivity contribution < 1.29 is 23.2 Å². The van der Waals surface area contributed by atoms with Crippen LogP contribution in [0.25, 0.3) is 11.3 Å². The van der Waals surface area contributed by atoms with Gasteiger partial charge in [0.15, 0.2) is 17.4 Å². The molecule has 2 rings (SSSR count). The van der Waals surface area contributed by atoms with Gasteiger partial charge in [-0.05, 0) is 18.2 Å². The Labute approximate surface area is 98.4 Å². The fraction of sp³-hybridized carbons (Fsp3) is 0. The molecule has 0 saturated carbocycles. The molecule has 17 heavy (non-hydrogen) atoms. The van der Waals surface area contributed by atoms with Crippen LogP contribution in [0.3, 0.4) is 0 Å². The number of nitrogens with zero attached hydrogens (tertiary/aromatic N) is 1. The van der Waals surface area contributed by atoms with Crippen LogP contribution in [-0.2, 0) is 0 Å². The van der Waals surface area contributed by atoms with Crippen molar-refractivity contribution in [3.63, 3.8) is 0 Å². The molecule has 0 fully saturated rings. The van der Waals surface area contributed by atoms with E-state index < -0.39 is 23.3 Å². The first-order chi connectivity index (χ1) is 8.00. The molecule has 0 aliphatic heterocycles. The zero-order valence-corrected chi connectivity index (χ0v) is 8.83. The van der Waals surface area contributed by atoms with E-state index >= 15 is 0 Å². The number of carboxylic acid groups (broad SMARTS) is 1. The SMILES string of the molecule is O=C(O)c1noc(-c2ccc(F)c(F)c2)c1Cl. The molecule has 1 N–H and O–H groups in total. The van der Waals surface area contributed by atoms with Crippen molar-refractivity contribution >= 4 is 17.6 Å². The molecule has 1 heterocycles. The van der Waals surface area contributed by atoms with Crippen molar-refractivity contribution in [1.82, 2.24) is 5.16 Å². The van der Waals surface area contributed by atoms with Gasteiger partial charge >= 0.3 is 5.97 Å². The molecule has 0 unspecified atom stereocenters. The van der Waals surface area contributed by atoms with Crippen LogP contribution in [0.1, 0.15) is 10.5 Å². The van der Waals surface area contributed by atoms with Gasteiger partial charge in [0.2, 0.25) is 5.69 Å². The van der Waals surface area contributed by atoms with Crippen LogP contribution in [-0.4, -0.2) is 16.2 Å². The second-order valence-electron chi connectivity index (χ2n) is 3.11. The van der Waals surface area contributed by atoms with E-state index in [1.54, 1.807) is 0 Å². The minimum atomic E-state index is -1.37. The second kappa shape index (κ2) is 4.14. The van der Waals surface area contributed by atoms with Gasteiger partial charge in [0.25, 0.3) is 0 Å². The summed E-state index contributed by atoms with van der Waals surface area (Å²) in [6, 6.07) is 2.92. The Morgan fingerprint density at radius 1 is 1.35 bits per heavy atom. The number of benzene rings is 1. The summed E-state index contributed by atoms with van der Waals surface area (Å²) in [5.41, 5.74) is -0.375. The zero-order chi connectivity index (χ0) is 12.6. The Morgan fingerprint density at radius 3 is 2.59 bits per heavy atom. The van der Waals surface area contributed by atoms with Gasteiger partial charge in [0, 0.05) is 5.56 Å². The van der Waals surface area contributed by atoms with Gasteiger partial charge < -0.3 is 9.63 Å². The van der Waals surface area contributed by atoms with Gasteiger partial charge in [-0.15, -0.1) is 0 Å². The lowest BCUT2D eigenvalue weighted by atomic mass is 10.1. The molecule has 0 aliphatic carbocycles. The summed E-state index contributed by atoms with van der Waals surface area (Å²) in [6.45, 7) is 0. The zero-order valence-electron chi connectivity index (χ0n) is 8.08. The molecular formula is C10H4ClF2NO3.